The molecule has 0 aliphatic heterocycles. The third-order valence-corrected chi connectivity index (χ3v) is 1.11. The fourth-order valence-corrected chi connectivity index (χ4v) is 0.643. The van der Waals surface area contributed by atoms with Crippen molar-refractivity contribution in [3.63, 3.8) is 0 Å². The molecule has 0 heterocycles. The first kappa shape index (κ1) is 9.14. The molecule has 0 aromatic rings. The van der Waals surface area contributed by atoms with Crippen LogP contribution in [0.3, 0.4) is 0 Å². The smallest absolute Gasteiger partial charge is 0.120 e. The molecule has 0 atom stereocenters. The van der Waals surface area contributed by atoms with Crippen LogP contribution < -0.4 is 0 Å². The third-order valence-electron chi connectivity index (χ3n) is 1.11. The van der Waals surface area contributed by atoms with Crippen molar-refractivity contribution in [1.82, 2.24) is 0 Å². The molecular formula is C7H13NO2. The summed E-state index contributed by atoms with van der Waals surface area (Å²) in [6.07, 6.45) is 3.23. The molecule has 0 saturated carbocycles. The van der Waals surface area contributed by atoms with E-state index in [1.807, 2.05) is 6.92 Å². The molecule has 0 spiro atoms. The van der Waals surface area contributed by atoms with Gasteiger partial charge in [-0.2, -0.15) is 0 Å². The molecule has 0 aliphatic rings. The van der Waals surface area contributed by atoms with Crippen molar-refractivity contribution in [3.05, 3.63) is 0 Å². The topological polar surface area (TPSA) is 38.7 Å². The summed E-state index contributed by atoms with van der Waals surface area (Å²) < 4.78 is 0. The van der Waals surface area contributed by atoms with Crippen LogP contribution in [0.25, 0.3) is 0 Å². The summed E-state index contributed by atoms with van der Waals surface area (Å²) in [4.78, 5) is 14.4. The fraction of sp³-hybridized carbons (Fsp3) is 0.714. The highest BCUT2D eigenvalue weighted by Gasteiger charge is 1.90. The van der Waals surface area contributed by atoms with E-state index in [-0.39, 0.29) is 0 Å². The Hall–Kier alpha value is -0.860. The summed E-state index contributed by atoms with van der Waals surface area (Å²) in [5.41, 5.74) is 0.935. The predicted octanol–water partition coefficient (Wildman–Crippen LogP) is 1.38. The molecule has 0 amide bonds. The Labute approximate surface area is 61.1 Å². The fourth-order valence-electron chi connectivity index (χ4n) is 0.643. The SMILES string of the molecule is CO/N=C(\C)CCCC=O. The van der Waals surface area contributed by atoms with Gasteiger partial charge in [-0.3, -0.25) is 0 Å². The molecule has 3 nitrogen and oxygen atoms in total. The number of carbonyl (C=O) groups is 1. The van der Waals surface area contributed by atoms with E-state index in [0.29, 0.717) is 6.42 Å². The largest absolute Gasteiger partial charge is 0.399 e. The lowest BCUT2D eigenvalue weighted by Gasteiger charge is -1.94. The van der Waals surface area contributed by atoms with Crippen molar-refractivity contribution in [1.29, 1.82) is 0 Å². The monoisotopic (exact) mass is 143 g/mol. The van der Waals surface area contributed by atoms with Gasteiger partial charge in [0.1, 0.15) is 13.4 Å². The van der Waals surface area contributed by atoms with Crippen LogP contribution in [0, 0.1) is 0 Å². The minimum absolute atomic E-state index is 0.608. The zero-order chi connectivity index (χ0) is 7.82. The second kappa shape index (κ2) is 6.26. The molecule has 58 valence electrons. The molecule has 10 heavy (non-hydrogen) atoms. The normalized spacial score (nSPS) is 11.2. The maximum absolute atomic E-state index is 9.87. The Morgan fingerprint density at radius 1 is 1.70 bits per heavy atom. The standard InChI is InChI=1S/C7H13NO2/c1-7(8-10-2)5-3-4-6-9/h6H,3-5H2,1-2H3/b8-7+. The van der Waals surface area contributed by atoms with Crippen LogP contribution in [-0.2, 0) is 9.63 Å². The number of unbranched alkanes of at least 4 members (excludes halogenated alkanes) is 1. The minimum atomic E-state index is 0.608. The van der Waals surface area contributed by atoms with Gasteiger partial charge in [0.15, 0.2) is 0 Å². The van der Waals surface area contributed by atoms with Crippen LogP contribution >= 0.6 is 0 Å². The number of oxime groups is 1. The number of rotatable bonds is 5. The Kier molecular flexibility index (Phi) is 5.72. The van der Waals surface area contributed by atoms with Crippen LogP contribution in [0.5, 0.6) is 0 Å². The maximum atomic E-state index is 9.87. The molecule has 0 aromatic heterocycles. The van der Waals surface area contributed by atoms with Gasteiger partial charge in [-0.15, -0.1) is 0 Å². The maximum Gasteiger partial charge on any atom is 0.120 e. The molecular weight excluding hydrogens is 130 g/mol. The molecule has 0 aromatic carbocycles. The lowest BCUT2D eigenvalue weighted by molar-refractivity contribution is -0.107. The molecule has 0 bridgehead atoms. The molecule has 0 saturated heterocycles. The van der Waals surface area contributed by atoms with Crippen molar-refractivity contribution < 1.29 is 9.63 Å². The zero-order valence-corrected chi connectivity index (χ0v) is 6.46. The van der Waals surface area contributed by atoms with E-state index in [4.69, 9.17) is 0 Å². The highest BCUT2D eigenvalue weighted by molar-refractivity contribution is 5.81. The highest BCUT2D eigenvalue weighted by Crippen LogP contribution is 1.95. The van der Waals surface area contributed by atoms with E-state index in [9.17, 15) is 4.79 Å². The molecule has 3 heteroatoms. The third kappa shape index (κ3) is 5.28. The minimum Gasteiger partial charge on any atom is -0.399 e. The summed E-state index contributed by atoms with van der Waals surface area (Å²) >= 11 is 0. The summed E-state index contributed by atoms with van der Waals surface area (Å²) in [5, 5.41) is 3.70. The van der Waals surface area contributed by atoms with E-state index >= 15 is 0 Å². The van der Waals surface area contributed by atoms with Gasteiger partial charge in [0.25, 0.3) is 0 Å². The van der Waals surface area contributed by atoms with Crippen LogP contribution in [-0.4, -0.2) is 19.1 Å². The first-order chi connectivity index (χ1) is 4.81. The Morgan fingerprint density at radius 2 is 2.40 bits per heavy atom. The van der Waals surface area contributed by atoms with Gasteiger partial charge < -0.3 is 9.63 Å². The molecule has 0 aliphatic carbocycles. The predicted molar refractivity (Wildman–Crippen MR) is 40.0 cm³/mol. The van der Waals surface area contributed by atoms with Crippen molar-refractivity contribution in [2.75, 3.05) is 7.11 Å². The van der Waals surface area contributed by atoms with E-state index < -0.39 is 0 Å². The molecule has 0 unspecified atom stereocenters. The van der Waals surface area contributed by atoms with Gasteiger partial charge in [-0.05, 0) is 19.8 Å². The van der Waals surface area contributed by atoms with E-state index in [0.717, 1.165) is 24.8 Å². The first-order valence-electron chi connectivity index (χ1n) is 3.31. The summed E-state index contributed by atoms with van der Waals surface area (Å²) in [6, 6.07) is 0. The number of carbonyl (C=O) groups excluding carboxylic acids is 1. The second-order valence-corrected chi connectivity index (χ2v) is 2.07. The highest BCUT2D eigenvalue weighted by atomic mass is 16.6. The number of hydrogen-bond donors (Lipinski definition) is 0. The van der Waals surface area contributed by atoms with Gasteiger partial charge in [0.2, 0.25) is 0 Å². The van der Waals surface area contributed by atoms with Crippen molar-refractivity contribution >= 4 is 12.0 Å². The molecule has 0 radical (unpaired) electrons. The van der Waals surface area contributed by atoms with Gasteiger partial charge >= 0.3 is 0 Å². The average Bonchev–Trinajstić information content (AvgIpc) is 1.89. The van der Waals surface area contributed by atoms with Crippen molar-refractivity contribution in [3.8, 4) is 0 Å². The summed E-state index contributed by atoms with van der Waals surface area (Å²) in [7, 11) is 1.52. The quantitative estimate of drug-likeness (QED) is 0.252. The lowest BCUT2D eigenvalue weighted by Crippen LogP contribution is -1.92. The van der Waals surface area contributed by atoms with E-state index in [1.165, 1.54) is 7.11 Å². The first-order valence-corrected chi connectivity index (χ1v) is 3.31. The number of nitrogens with zero attached hydrogens (tertiary/aromatic N) is 1. The van der Waals surface area contributed by atoms with Crippen molar-refractivity contribution in [2.45, 2.75) is 26.2 Å². The second-order valence-electron chi connectivity index (χ2n) is 2.07. The average molecular weight is 143 g/mol. The summed E-state index contributed by atoms with van der Waals surface area (Å²) in [5.74, 6) is 0. The zero-order valence-electron chi connectivity index (χ0n) is 6.46. The van der Waals surface area contributed by atoms with E-state index in [2.05, 4.69) is 9.99 Å². The molecule has 0 fully saturated rings. The van der Waals surface area contributed by atoms with Gasteiger partial charge in [0.05, 0.1) is 5.71 Å². The van der Waals surface area contributed by atoms with Gasteiger partial charge in [0, 0.05) is 6.42 Å². The van der Waals surface area contributed by atoms with Crippen molar-refractivity contribution in [2.24, 2.45) is 5.16 Å². The van der Waals surface area contributed by atoms with Crippen LogP contribution in [0.2, 0.25) is 0 Å². The van der Waals surface area contributed by atoms with Crippen LogP contribution in [0.15, 0.2) is 5.16 Å². The number of hydrogen-bond acceptors (Lipinski definition) is 3. The van der Waals surface area contributed by atoms with Crippen LogP contribution in [0.4, 0.5) is 0 Å². The van der Waals surface area contributed by atoms with E-state index in [1.54, 1.807) is 0 Å². The lowest BCUT2D eigenvalue weighted by atomic mass is 10.2. The van der Waals surface area contributed by atoms with Crippen LogP contribution in [0.1, 0.15) is 26.2 Å². The molecule has 0 N–H and O–H groups in total. The number of aldehydes is 1. The molecule has 0 rings (SSSR count). The van der Waals surface area contributed by atoms with Gasteiger partial charge in [-0.25, -0.2) is 0 Å². The van der Waals surface area contributed by atoms with Gasteiger partial charge in [-0.1, -0.05) is 5.16 Å². The Bertz CT molecular complexity index is 121. The Morgan fingerprint density at radius 3 is 2.90 bits per heavy atom. The Balaban J connectivity index is 3.29. The summed E-state index contributed by atoms with van der Waals surface area (Å²) in [6.45, 7) is 1.88.